The summed E-state index contributed by atoms with van der Waals surface area (Å²) in [6, 6.07) is 8.85. The number of carbonyl (C=O) groups excluding carboxylic acids is 1. The first-order valence-electron chi connectivity index (χ1n) is 5.86. The van der Waals surface area contributed by atoms with Crippen LogP contribution < -0.4 is 11.1 Å². The van der Waals surface area contributed by atoms with Crippen molar-refractivity contribution in [2.75, 3.05) is 5.32 Å². The van der Waals surface area contributed by atoms with Gasteiger partial charge in [-0.25, -0.2) is 8.78 Å². The molecule has 0 aliphatic carbocycles. The second-order valence-corrected chi connectivity index (χ2v) is 4.11. The second-order valence-electron chi connectivity index (χ2n) is 4.11. The molecule has 21 heavy (non-hydrogen) atoms. The van der Waals surface area contributed by atoms with Crippen LogP contribution in [0.5, 0.6) is 0 Å². The highest BCUT2D eigenvalue weighted by atomic mass is 19.1. The number of nitrogens with two attached hydrogens (primary N) is 1. The van der Waals surface area contributed by atoms with Crippen molar-refractivity contribution in [2.24, 2.45) is 10.9 Å². The standard InChI is InChI=1S/C14H11F2N3O2/c15-9-4-1-3-8(7-9)14(20)18-11-6-2-5-10(16)12(11)13(17)19-21/h1-7,21H,(H2,17,19)(H,18,20). The Hall–Kier alpha value is -2.96. The molecule has 4 N–H and O–H groups in total. The Balaban J connectivity index is 2.36. The van der Waals surface area contributed by atoms with Gasteiger partial charge in [-0.05, 0) is 30.3 Å². The van der Waals surface area contributed by atoms with E-state index in [2.05, 4.69) is 10.5 Å². The van der Waals surface area contributed by atoms with Gasteiger partial charge >= 0.3 is 0 Å². The SMILES string of the molecule is N/C(=N/O)c1c(F)cccc1NC(=O)c1cccc(F)c1. The maximum absolute atomic E-state index is 13.7. The van der Waals surface area contributed by atoms with Crippen LogP contribution in [0.25, 0.3) is 0 Å². The summed E-state index contributed by atoms with van der Waals surface area (Å²) in [6.45, 7) is 0. The predicted octanol–water partition coefficient (Wildman–Crippen LogP) is 2.31. The fraction of sp³-hybridized carbons (Fsp3) is 0. The van der Waals surface area contributed by atoms with Crippen LogP contribution in [0.3, 0.4) is 0 Å². The van der Waals surface area contributed by atoms with E-state index in [1.807, 2.05) is 0 Å². The molecular formula is C14H11F2N3O2. The number of carbonyl (C=O) groups is 1. The van der Waals surface area contributed by atoms with Gasteiger partial charge in [0.2, 0.25) is 0 Å². The van der Waals surface area contributed by atoms with Crippen molar-refractivity contribution in [3.05, 3.63) is 65.2 Å². The van der Waals surface area contributed by atoms with Gasteiger partial charge in [0.25, 0.3) is 5.91 Å². The quantitative estimate of drug-likeness (QED) is 0.351. The smallest absolute Gasteiger partial charge is 0.255 e. The first-order valence-corrected chi connectivity index (χ1v) is 5.86. The Morgan fingerprint density at radius 3 is 2.57 bits per heavy atom. The largest absolute Gasteiger partial charge is 0.409 e. The van der Waals surface area contributed by atoms with Crippen LogP contribution in [-0.4, -0.2) is 17.0 Å². The third-order valence-corrected chi connectivity index (χ3v) is 2.71. The molecule has 7 heteroatoms. The summed E-state index contributed by atoms with van der Waals surface area (Å²) >= 11 is 0. The Bertz CT molecular complexity index is 717. The molecule has 0 aliphatic rings. The van der Waals surface area contributed by atoms with Crippen LogP contribution in [0, 0.1) is 11.6 Å². The third-order valence-electron chi connectivity index (χ3n) is 2.71. The number of oxime groups is 1. The summed E-state index contributed by atoms with van der Waals surface area (Å²) in [6.07, 6.45) is 0. The molecule has 2 aromatic rings. The van der Waals surface area contributed by atoms with Crippen molar-refractivity contribution >= 4 is 17.4 Å². The summed E-state index contributed by atoms with van der Waals surface area (Å²) in [5, 5.41) is 13.8. The lowest BCUT2D eigenvalue weighted by Gasteiger charge is -2.11. The number of anilines is 1. The molecule has 0 aliphatic heterocycles. The Kier molecular flexibility index (Phi) is 4.13. The number of nitrogens with one attached hydrogen (secondary N) is 1. The highest BCUT2D eigenvalue weighted by molar-refractivity contribution is 6.09. The fourth-order valence-electron chi connectivity index (χ4n) is 1.76. The Morgan fingerprint density at radius 2 is 1.90 bits per heavy atom. The fourth-order valence-corrected chi connectivity index (χ4v) is 1.76. The van der Waals surface area contributed by atoms with Gasteiger partial charge in [-0.1, -0.05) is 17.3 Å². The normalized spacial score (nSPS) is 11.2. The van der Waals surface area contributed by atoms with Gasteiger partial charge < -0.3 is 16.3 Å². The summed E-state index contributed by atoms with van der Waals surface area (Å²) in [4.78, 5) is 12.0. The van der Waals surface area contributed by atoms with Gasteiger partial charge in [-0.15, -0.1) is 0 Å². The minimum absolute atomic E-state index is 0.0135. The lowest BCUT2D eigenvalue weighted by molar-refractivity contribution is 0.102. The summed E-state index contributed by atoms with van der Waals surface area (Å²) in [5.74, 6) is -2.46. The molecule has 0 aromatic heterocycles. The highest BCUT2D eigenvalue weighted by Crippen LogP contribution is 2.19. The topological polar surface area (TPSA) is 87.7 Å². The number of hydrogen-bond acceptors (Lipinski definition) is 3. The van der Waals surface area contributed by atoms with Gasteiger partial charge in [-0.2, -0.15) is 0 Å². The van der Waals surface area contributed by atoms with Crippen LogP contribution in [0.2, 0.25) is 0 Å². The number of benzene rings is 2. The van der Waals surface area contributed by atoms with Gasteiger partial charge in [0.05, 0.1) is 11.3 Å². The molecular weight excluding hydrogens is 280 g/mol. The number of amides is 1. The molecule has 5 nitrogen and oxygen atoms in total. The molecule has 108 valence electrons. The zero-order valence-corrected chi connectivity index (χ0v) is 10.7. The van der Waals surface area contributed by atoms with Crippen LogP contribution in [0.15, 0.2) is 47.6 Å². The van der Waals surface area contributed by atoms with Gasteiger partial charge in [-0.3, -0.25) is 4.79 Å². The van der Waals surface area contributed by atoms with Crippen molar-refractivity contribution in [1.29, 1.82) is 0 Å². The molecule has 2 aromatic carbocycles. The van der Waals surface area contributed by atoms with E-state index in [1.54, 1.807) is 0 Å². The second kappa shape index (κ2) is 6.00. The van der Waals surface area contributed by atoms with E-state index in [-0.39, 0.29) is 16.8 Å². The molecule has 0 heterocycles. The van der Waals surface area contributed by atoms with Crippen LogP contribution in [-0.2, 0) is 0 Å². The molecule has 0 saturated heterocycles. The molecule has 0 atom stereocenters. The Labute approximate surface area is 118 Å². The van der Waals surface area contributed by atoms with E-state index in [9.17, 15) is 13.6 Å². The molecule has 0 saturated carbocycles. The van der Waals surface area contributed by atoms with E-state index in [4.69, 9.17) is 10.9 Å². The van der Waals surface area contributed by atoms with E-state index in [1.165, 1.54) is 30.3 Å². The van der Waals surface area contributed by atoms with E-state index in [0.717, 1.165) is 12.1 Å². The van der Waals surface area contributed by atoms with Crippen LogP contribution in [0.4, 0.5) is 14.5 Å². The summed E-state index contributed by atoms with van der Waals surface area (Å²) < 4.78 is 26.8. The third kappa shape index (κ3) is 3.14. The molecule has 0 spiro atoms. The average Bonchev–Trinajstić information content (AvgIpc) is 2.46. The molecule has 0 radical (unpaired) electrons. The first-order chi connectivity index (χ1) is 10.0. The summed E-state index contributed by atoms with van der Waals surface area (Å²) in [7, 11) is 0. The zero-order chi connectivity index (χ0) is 15.4. The Morgan fingerprint density at radius 1 is 1.19 bits per heavy atom. The monoisotopic (exact) mass is 291 g/mol. The van der Waals surface area contributed by atoms with Crippen molar-refractivity contribution in [2.45, 2.75) is 0 Å². The minimum Gasteiger partial charge on any atom is -0.409 e. The predicted molar refractivity (Wildman–Crippen MR) is 73.3 cm³/mol. The average molecular weight is 291 g/mol. The number of amidine groups is 1. The van der Waals surface area contributed by atoms with Gasteiger partial charge in [0, 0.05) is 5.56 Å². The first kappa shape index (κ1) is 14.4. The van der Waals surface area contributed by atoms with Crippen molar-refractivity contribution < 1.29 is 18.8 Å². The number of halogens is 2. The molecule has 0 unspecified atom stereocenters. The van der Waals surface area contributed by atoms with Crippen molar-refractivity contribution in [3.63, 3.8) is 0 Å². The van der Waals surface area contributed by atoms with Gasteiger partial charge in [0.15, 0.2) is 5.84 Å². The molecule has 1 amide bonds. The van der Waals surface area contributed by atoms with E-state index in [0.29, 0.717) is 0 Å². The summed E-state index contributed by atoms with van der Waals surface area (Å²) in [5.41, 5.74) is 5.21. The number of nitrogens with zero attached hydrogens (tertiary/aromatic N) is 1. The molecule has 0 fully saturated rings. The van der Waals surface area contributed by atoms with Crippen molar-refractivity contribution in [1.82, 2.24) is 0 Å². The highest BCUT2D eigenvalue weighted by Gasteiger charge is 2.16. The zero-order valence-electron chi connectivity index (χ0n) is 10.7. The molecule has 2 rings (SSSR count). The maximum Gasteiger partial charge on any atom is 0.255 e. The van der Waals surface area contributed by atoms with Gasteiger partial charge in [0.1, 0.15) is 11.6 Å². The van der Waals surface area contributed by atoms with Crippen LogP contribution >= 0.6 is 0 Å². The molecule has 0 bridgehead atoms. The van der Waals surface area contributed by atoms with E-state index < -0.39 is 23.4 Å². The maximum atomic E-state index is 13.7. The number of rotatable bonds is 3. The number of hydrogen-bond donors (Lipinski definition) is 3. The van der Waals surface area contributed by atoms with Crippen LogP contribution in [0.1, 0.15) is 15.9 Å². The minimum atomic E-state index is -0.762. The lowest BCUT2D eigenvalue weighted by atomic mass is 10.1. The lowest BCUT2D eigenvalue weighted by Crippen LogP contribution is -2.20. The van der Waals surface area contributed by atoms with E-state index >= 15 is 0 Å². The van der Waals surface area contributed by atoms with Crippen molar-refractivity contribution in [3.8, 4) is 0 Å².